The van der Waals surface area contributed by atoms with E-state index >= 15 is 0 Å². The Morgan fingerprint density at radius 2 is 2.12 bits per heavy atom. The van der Waals surface area contributed by atoms with Gasteiger partial charge in [0.05, 0.1) is 0 Å². The molecule has 0 spiro atoms. The van der Waals surface area contributed by atoms with Crippen molar-refractivity contribution in [3.05, 3.63) is 29.6 Å². The van der Waals surface area contributed by atoms with Crippen molar-refractivity contribution in [1.29, 1.82) is 0 Å². The molecule has 4 heteroatoms. The van der Waals surface area contributed by atoms with Gasteiger partial charge in [-0.1, -0.05) is 12.1 Å². The minimum Gasteiger partial charge on any atom is -0.399 e. The van der Waals surface area contributed by atoms with E-state index in [9.17, 15) is 0 Å². The fraction of sp³-hybridized carbons (Fsp3) is 0.385. The molecule has 3 rings (SSSR count). The van der Waals surface area contributed by atoms with Gasteiger partial charge in [-0.25, -0.2) is 0 Å². The van der Waals surface area contributed by atoms with Crippen LogP contribution >= 0.6 is 0 Å². The summed E-state index contributed by atoms with van der Waals surface area (Å²) in [5, 5.41) is 4.07. The largest absolute Gasteiger partial charge is 0.399 e. The number of nitrogen functional groups attached to an aromatic ring is 1. The van der Waals surface area contributed by atoms with Crippen LogP contribution in [0.2, 0.25) is 0 Å². The van der Waals surface area contributed by atoms with Crippen LogP contribution in [0.1, 0.15) is 31.2 Å². The van der Waals surface area contributed by atoms with Gasteiger partial charge in [0.25, 0.3) is 5.89 Å². The van der Waals surface area contributed by atoms with Gasteiger partial charge in [0.1, 0.15) is 0 Å². The summed E-state index contributed by atoms with van der Waals surface area (Å²) in [4.78, 5) is 4.49. The van der Waals surface area contributed by atoms with Gasteiger partial charge in [-0.3, -0.25) is 0 Å². The van der Waals surface area contributed by atoms with Crippen molar-refractivity contribution in [2.75, 3.05) is 5.73 Å². The number of benzene rings is 1. The second-order valence-electron chi connectivity index (χ2n) is 5.06. The van der Waals surface area contributed by atoms with Gasteiger partial charge in [0, 0.05) is 16.7 Å². The summed E-state index contributed by atoms with van der Waals surface area (Å²) in [6, 6.07) is 5.69. The number of nitrogens with two attached hydrogens (primary N) is 1. The molecule has 2 N–H and O–H groups in total. The third kappa shape index (κ3) is 1.69. The maximum atomic E-state index is 5.72. The van der Waals surface area contributed by atoms with Crippen LogP contribution in [0.25, 0.3) is 11.5 Å². The van der Waals surface area contributed by atoms with E-state index in [1.807, 2.05) is 25.1 Å². The van der Waals surface area contributed by atoms with Gasteiger partial charge in [-0.2, -0.15) is 4.98 Å². The van der Waals surface area contributed by atoms with Gasteiger partial charge in [-0.15, -0.1) is 0 Å². The molecule has 17 heavy (non-hydrogen) atoms. The van der Waals surface area contributed by atoms with E-state index in [2.05, 4.69) is 17.1 Å². The summed E-state index contributed by atoms with van der Waals surface area (Å²) in [6.07, 6.45) is 2.29. The average molecular weight is 229 g/mol. The fourth-order valence-corrected chi connectivity index (χ4v) is 1.92. The number of rotatable bonds is 2. The first-order chi connectivity index (χ1) is 8.08. The Bertz CT molecular complexity index is 570. The van der Waals surface area contributed by atoms with Gasteiger partial charge in [0.2, 0.25) is 0 Å². The summed E-state index contributed by atoms with van der Waals surface area (Å²) in [5.74, 6) is 1.41. The maximum absolute atomic E-state index is 5.72. The number of anilines is 1. The lowest BCUT2D eigenvalue weighted by Crippen LogP contribution is -2.01. The Balaban J connectivity index is 2.01. The summed E-state index contributed by atoms with van der Waals surface area (Å²) in [6.45, 7) is 4.16. The van der Waals surface area contributed by atoms with Crippen molar-refractivity contribution in [3.8, 4) is 11.5 Å². The number of nitrogens with zero attached hydrogens (tertiary/aromatic N) is 2. The van der Waals surface area contributed by atoms with Gasteiger partial charge in [-0.05, 0) is 43.5 Å². The van der Waals surface area contributed by atoms with Gasteiger partial charge in [0.15, 0.2) is 5.82 Å². The molecule has 4 nitrogen and oxygen atoms in total. The molecule has 1 fully saturated rings. The summed E-state index contributed by atoms with van der Waals surface area (Å²) < 4.78 is 5.34. The highest BCUT2D eigenvalue weighted by molar-refractivity contribution is 5.62. The zero-order chi connectivity index (χ0) is 12.0. The number of aryl methyl sites for hydroxylation is 1. The zero-order valence-electron chi connectivity index (χ0n) is 10.0. The average Bonchev–Trinajstić information content (AvgIpc) is 2.85. The van der Waals surface area contributed by atoms with E-state index in [4.69, 9.17) is 10.3 Å². The minimum absolute atomic E-state index is 0.142. The molecular formula is C13H15N3O. The Hall–Kier alpha value is -1.84. The van der Waals surface area contributed by atoms with Gasteiger partial charge < -0.3 is 10.3 Å². The van der Waals surface area contributed by atoms with E-state index in [0.29, 0.717) is 5.89 Å². The van der Waals surface area contributed by atoms with Crippen LogP contribution in [0.15, 0.2) is 22.7 Å². The molecule has 0 atom stereocenters. The van der Waals surface area contributed by atoms with Crippen LogP contribution in [0.5, 0.6) is 0 Å². The van der Waals surface area contributed by atoms with Crippen LogP contribution in [-0.4, -0.2) is 10.1 Å². The first-order valence-corrected chi connectivity index (χ1v) is 5.79. The van der Waals surface area contributed by atoms with Crippen LogP contribution in [-0.2, 0) is 5.41 Å². The van der Waals surface area contributed by atoms with E-state index < -0.39 is 0 Å². The van der Waals surface area contributed by atoms with Crippen molar-refractivity contribution in [1.82, 2.24) is 10.1 Å². The standard InChI is InChI=1S/C13H15N3O/c1-8-7-9(14)3-4-10(8)11-15-12(16-17-11)13(2)5-6-13/h3-4,7H,5-6,14H2,1-2H3. The Morgan fingerprint density at radius 3 is 2.76 bits per heavy atom. The normalized spacial score (nSPS) is 17.1. The molecule has 1 aliphatic carbocycles. The molecule has 1 aromatic carbocycles. The van der Waals surface area contributed by atoms with Crippen molar-refractivity contribution in [2.45, 2.75) is 32.1 Å². The molecule has 0 unspecified atom stereocenters. The minimum atomic E-state index is 0.142. The first kappa shape index (κ1) is 10.3. The highest BCUT2D eigenvalue weighted by Gasteiger charge is 2.43. The van der Waals surface area contributed by atoms with Crippen molar-refractivity contribution >= 4 is 5.69 Å². The predicted octanol–water partition coefficient (Wildman–Crippen LogP) is 2.68. The van der Waals surface area contributed by atoms with Crippen LogP contribution in [0.3, 0.4) is 0 Å². The van der Waals surface area contributed by atoms with Crippen molar-refractivity contribution < 1.29 is 4.52 Å². The summed E-state index contributed by atoms with van der Waals surface area (Å²) in [7, 11) is 0. The Kier molecular flexibility index (Phi) is 2.02. The lowest BCUT2D eigenvalue weighted by atomic mass is 10.1. The molecule has 0 aliphatic heterocycles. The van der Waals surface area contributed by atoms with E-state index in [0.717, 1.165) is 35.5 Å². The number of hydrogen-bond acceptors (Lipinski definition) is 4. The molecule has 0 bridgehead atoms. The third-order valence-electron chi connectivity index (χ3n) is 3.45. The zero-order valence-corrected chi connectivity index (χ0v) is 10.0. The van der Waals surface area contributed by atoms with Crippen molar-refractivity contribution in [2.24, 2.45) is 0 Å². The summed E-state index contributed by atoms with van der Waals surface area (Å²) >= 11 is 0. The van der Waals surface area contributed by atoms with Crippen molar-refractivity contribution in [3.63, 3.8) is 0 Å². The topological polar surface area (TPSA) is 64.9 Å². The fourth-order valence-electron chi connectivity index (χ4n) is 1.92. The lowest BCUT2D eigenvalue weighted by Gasteiger charge is -2.01. The second-order valence-corrected chi connectivity index (χ2v) is 5.06. The van der Waals surface area contributed by atoms with Crippen LogP contribution in [0.4, 0.5) is 5.69 Å². The predicted molar refractivity (Wildman–Crippen MR) is 65.5 cm³/mol. The molecule has 0 amide bonds. The SMILES string of the molecule is Cc1cc(N)ccc1-c1nc(C2(C)CC2)no1. The molecule has 0 saturated heterocycles. The third-order valence-corrected chi connectivity index (χ3v) is 3.45. The Morgan fingerprint density at radius 1 is 1.35 bits per heavy atom. The second kappa shape index (κ2) is 3.32. The first-order valence-electron chi connectivity index (χ1n) is 5.79. The molecule has 1 heterocycles. The van der Waals surface area contributed by atoms with E-state index in [1.54, 1.807) is 0 Å². The lowest BCUT2D eigenvalue weighted by molar-refractivity contribution is 0.415. The molecule has 1 aromatic heterocycles. The molecule has 2 aromatic rings. The molecule has 1 saturated carbocycles. The summed E-state index contributed by atoms with van der Waals surface area (Å²) in [5.41, 5.74) is 8.63. The smallest absolute Gasteiger partial charge is 0.258 e. The number of hydrogen-bond donors (Lipinski definition) is 1. The Labute approximate surface area is 99.8 Å². The molecule has 88 valence electrons. The highest BCUT2D eigenvalue weighted by atomic mass is 16.5. The highest BCUT2D eigenvalue weighted by Crippen LogP contribution is 2.46. The van der Waals surface area contributed by atoms with Crippen LogP contribution < -0.4 is 5.73 Å². The molecule has 1 aliphatic rings. The van der Waals surface area contributed by atoms with Crippen LogP contribution in [0, 0.1) is 6.92 Å². The van der Waals surface area contributed by atoms with Gasteiger partial charge >= 0.3 is 0 Å². The van der Waals surface area contributed by atoms with E-state index in [1.165, 1.54) is 0 Å². The molecular weight excluding hydrogens is 214 g/mol. The quantitative estimate of drug-likeness (QED) is 0.804. The molecule has 0 radical (unpaired) electrons. The van der Waals surface area contributed by atoms with E-state index in [-0.39, 0.29) is 5.41 Å². The maximum Gasteiger partial charge on any atom is 0.258 e. The monoisotopic (exact) mass is 229 g/mol. The number of aromatic nitrogens is 2.